The fourth-order valence-corrected chi connectivity index (χ4v) is 5.02. The summed E-state index contributed by atoms with van der Waals surface area (Å²) in [6, 6.07) is 17.9. The molecule has 8 heteroatoms. The first-order valence-electron chi connectivity index (χ1n) is 9.95. The Morgan fingerprint density at radius 3 is 2.41 bits per heavy atom. The van der Waals surface area contributed by atoms with E-state index in [0.717, 1.165) is 5.56 Å². The van der Waals surface area contributed by atoms with E-state index < -0.39 is 23.7 Å². The minimum Gasteiger partial charge on any atom is -0.467 e. The van der Waals surface area contributed by atoms with Gasteiger partial charge in [0.05, 0.1) is 16.6 Å². The minimum absolute atomic E-state index is 0.182. The summed E-state index contributed by atoms with van der Waals surface area (Å²) in [5.74, 6) is 0.122. The van der Waals surface area contributed by atoms with Crippen LogP contribution < -0.4 is 9.64 Å². The molecule has 2 atom stereocenters. The molecule has 2 heterocycles. The van der Waals surface area contributed by atoms with Gasteiger partial charge < -0.3 is 4.74 Å². The summed E-state index contributed by atoms with van der Waals surface area (Å²) in [7, 11) is 0. The monoisotopic (exact) mass is 486 g/mol. The van der Waals surface area contributed by atoms with Gasteiger partial charge in [0.25, 0.3) is 5.91 Å². The fraction of sp³-hybridized carbons (Fsp3) is 0.167. The van der Waals surface area contributed by atoms with Gasteiger partial charge in [0.15, 0.2) is 5.72 Å². The van der Waals surface area contributed by atoms with Gasteiger partial charge in [-0.15, -0.1) is 0 Å². The van der Waals surface area contributed by atoms with Crippen molar-refractivity contribution in [2.24, 2.45) is 0 Å². The van der Waals surface area contributed by atoms with E-state index in [4.69, 9.17) is 39.5 Å². The number of carbonyl (C=O) groups is 2. The molecule has 1 fully saturated rings. The van der Waals surface area contributed by atoms with E-state index in [2.05, 4.69) is 0 Å². The molecule has 32 heavy (non-hydrogen) atoms. The molecule has 1 saturated heterocycles. The number of rotatable bonds is 2. The lowest BCUT2D eigenvalue weighted by atomic mass is 9.88. The third kappa shape index (κ3) is 3.32. The molecule has 0 N–H and O–H groups in total. The highest BCUT2D eigenvalue weighted by Gasteiger charge is 2.55. The lowest BCUT2D eigenvalue weighted by molar-refractivity contribution is 0.00269. The maximum absolute atomic E-state index is 13.9. The molecular formula is C24H17Cl3N2O3. The Morgan fingerprint density at radius 1 is 1.00 bits per heavy atom. The molecule has 2 aliphatic heterocycles. The normalized spacial score (nSPS) is 21.8. The second-order valence-corrected chi connectivity index (χ2v) is 9.21. The molecule has 3 aromatic rings. The number of anilines is 1. The number of benzene rings is 3. The summed E-state index contributed by atoms with van der Waals surface area (Å²) in [5, 5.41) is 1.13. The van der Waals surface area contributed by atoms with Crippen molar-refractivity contribution < 1.29 is 14.3 Å². The van der Waals surface area contributed by atoms with Crippen LogP contribution in [0.4, 0.5) is 10.5 Å². The van der Waals surface area contributed by atoms with E-state index in [1.54, 1.807) is 30.3 Å². The molecule has 5 rings (SSSR count). The van der Waals surface area contributed by atoms with Crippen LogP contribution in [-0.2, 0) is 0 Å². The molecule has 0 saturated carbocycles. The van der Waals surface area contributed by atoms with Crippen molar-refractivity contribution >= 4 is 52.4 Å². The second-order valence-electron chi connectivity index (χ2n) is 7.93. The number of imide groups is 1. The lowest BCUT2D eigenvalue weighted by Gasteiger charge is -2.53. The maximum atomic E-state index is 13.9. The van der Waals surface area contributed by atoms with Crippen molar-refractivity contribution in [2.45, 2.75) is 25.1 Å². The van der Waals surface area contributed by atoms with Gasteiger partial charge in [-0.2, -0.15) is 0 Å². The highest BCUT2D eigenvalue weighted by molar-refractivity contribution is 6.37. The van der Waals surface area contributed by atoms with Crippen LogP contribution in [-0.4, -0.2) is 22.6 Å². The van der Waals surface area contributed by atoms with Crippen molar-refractivity contribution in [3.8, 4) is 5.75 Å². The minimum atomic E-state index is -0.996. The largest absolute Gasteiger partial charge is 0.467 e. The van der Waals surface area contributed by atoms with E-state index >= 15 is 0 Å². The van der Waals surface area contributed by atoms with Crippen LogP contribution in [0, 0.1) is 0 Å². The molecule has 0 radical (unpaired) electrons. The summed E-state index contributed by atoms with van der Waals surface area (Å²) in [6.45, 7) is 1.85. The van der Waals surface area contributed by atoms with Gasteiger partial charge in [0, 0.05) is 27.7 Å². The Labute approximate surface area is 200 Å². The number of amides is 3. The van der Waals surface area contributed by atoms with Crippen molar-refractivity contribution in [2.75, 3.05) is 4.90 Å². The van der Waals surface area contributed by atoms with Crippen molar-refractivity contribution in [1.29, 1.82) is 0 Å². The number of carbonyl (C=O) groups excluding carboxylic acids is 2. The average molecular weight is 488 g/mol. The van der Waals surface area contributed by atoms with Crippen LogP contribution in [0.1, 0.15) is 35.3 Å². The van der Waals surface area contributed by atoms with Gasteiger partial charge in [-0.05, 0) is 55.5 Å². The maximum Gasteiger partial charge on any atom is 0.335 e. The number of hydrogen-bond acceptors (Lipinski definition) is 3. The Bertz CT molecular complexity index is 1250. The number of fused-ring (bicyclic) bond motifs is 4. The standard InChI is InChI=1S/C24H17Cl3N2O3/c1-24-13-20(18-4-2-3-5-21(18)32-24)28(22(30)17-11-8-15(26)12-19(17)27)23(31)29(24)16-9-6-14(25)7-10-16/h2-12,20H,13H2,1H3/t20-,24+/m1/s1. The molecule has 3 amide bonds. The van der Waals surface area contributed by atoms with Crippen molar-refractivity contribution in [3.63, 3.8) is 0 Å². The summed E-state index contributed by atoms with van der Waals surface area (Å²) in [5.41, 5.74) is 0.546. The van der Waals surface area contributed by atoms with Gasteiger partial charge >= 0.3 is 6.03 Å². The van der Waals surface area contributed by atoms with E-state index in [-0.39, 0.29) is 10.6 Å². The van der Waals surface area contributed by atoms with Crippen molar-refractivity contribution in [1.82, 2.24) is 4.90 Å². The number of nitrogens with zero attached hydrogens (tertiary/aromatic N) is 2. The van der Waals surface area contributed by atoms with Crippen LogP contribution in [0.15, 0.2) is 66.7 Å². The van der Waals surface area contributed by atoms with Crippen LogP contribution in [0.2, 0.25) is 15.1 Å². The number of urea groups is 1. The smallest absolute Gasteiger partial charge is 0.335 e. The Hall–Kier alpha value is -2.73. The molecule has 0 aliphatic carbocycles. The van der Waals surface area contributed by atoms with Gasteiger partial charge in [0.2, 0.25) is 0 Å². The Kier molecular flexibility index (Phi) is 5.08. The van der Waals surface area contributed by atoms with E-state index in [1.165, 1.54) is 21.9 Å². The molecule has 0 aromatic heterocycles. The van der Waals surface area contributed by atoms with Crippen molar-refractivity contribution in [3.05, 3.63) is 92.9 Å². The zero-order chi connectivity index (χ0) is 22.6. The predicted molar refractivity (Wildman–Crippen MR) is 125 cm³/mol. The van der Waals surface area contributed by atoms with Crippen LogP contribution in [0.5, 0.6) is 5.75 Å². The second kappa shape index (κ2) is 7.69. The molecule has 162 valence electrons. The predicted octanol–water partition coefficient (Wildman–Crippen LogP) is 6.97. The van der Waals surface area contributed by atoms with Crippen LogP contribution in [0.25, 0.3) is 0 Å². The SMILES string of the molecule is C[C@@]12C[C@H](c3ccccc3O1)N(C(=O)c1ccc(Cl)cc1Cl)C(=O)N2c1ccc(Cl)cc1. The first-order valence-corrected chi connectivity index (χ1v) is 11.1. The van der Waals surface area contributed by atoms with E-state index in [1.807, 2.05) is 31.2 Å². The molecule has 0 spiro atoms. The lowest BCUT2D eigenvalue weighted by Crippen LogP contribution is -2.67. The van der Waals surface area contributed by atoms with Gasteiger partial charge in [-0.1, -0.05) is 53.0 Å². The zero-order valence-corrected chi connectivity index (χ0v) is 19.2. The fourth-order valence-electron chi connectivity index (χ4n) is 4.40. The topological polar surface area (TPSA) is 49.9 Å². The number of para-hydroxylation sites is 1. The molecule has 2 aliphatic rings. The van der Waals surface area contributed by atoms with Gasteiger partial charge in [-0.3, -0.25) is 14.6 Å². The summed E-state index contributed by atoms with van der Waals surface area (Å²) < 4.78 is 6.32. The molecule has 5 nitrogen and oxygen atoms in total. The quantitative estimate of drug-likeness (QED) is 0.392. The number of halogens is 3. The summed E-state index contributed by atoms with van der Waals surface area (Å²) in [4.78, 5) is 30.3. The third-order valence-electron chi connectivity index (χ3n) is 5.83. The first kappa shape index (κ1) is 21.1. The van der Waals surface area contributed by atoms with Crippen LogP contribution in [0.3, 0.4) is 0 Å². The highest BCUT2D eigenvalue weighted by atomic mass is 35.5. The van der Waals surface area contributed by atoms with Gasteiger partial charge in [0.1, 0.15) is 5.75 Å². The summed E-state index contributed by atoms with van der Waals surface area (Å²) in [6.07, 6.45) is 0.384. The van der Waals surface area contributed by atoms with E-state index in [9.17, 15) is 9.59 Å². The Balaban J connectivity index is 1.68. The summed E-state index contributed by atoms with van der Waals surface area (Å²) >= 11 is 18.4. The number of ether oxygens (including phenoxy) is 1. The molecule has 3 aromatic carbocycles. The van der Waals surface area contributed by atoms with E-state index in [0.29, 0.717) is 27.9 Å². The molecular weight excluding hydrogens is 471 g/mol. The Morgan fingerprint density at radius 2 is 1.69 bits per heavy atom. The third-order valence-corrected chi connectivity index (χ3v) is 6.63. The zero-order valence-electron chi connectivity index (χ0n) is 16.9. The number of hydrogen-bond donors (Lipinski definition) is 0. The molecule has 2 bridgehead atoms. The highest BCUT2D eigenvalue weighted by Crippen LogP contribution is 2.50. The average Bonchev–Trinajstić information content (AvgIpc) is 2.74. The first-order chi connectivity index (χ1) is 15.3. The van der Waals surface area contributed by atoms with Crippen LogP contribution >= 0.6 is 34.8 Å². The molecule has 0 unspecified atom stereocenters. The van der Waals surface area contributed by atoms with Gasteiger partial charge in [-0.25, -0.2) is 4.79 Å².